The summed E-state index contributed by atoms with van der Waals surface area (Å²) in [4.78, 5) is 0. The highest BCUT2D eigenvalue weighted by atomic mass is 16.5. The summed E-state index contributed by atoms with van der Waals surface area (Å²) in [5.41, 5.74) is 8.05. The number of rotatable bonds is 6. The van der Waals surface area contributed by atoms with Crippen LogP contribution in [0.5, 0.6) is 5.75 Å². The molecule has 1 aromatic heterocycles. The van der Waals surface area contributed by atoms with Crippen LogP contribution < -0.4 is 15.8 Å². The molecule has 110 valence electrons. The molecule has 0 amide bonds. The molecule has 0 spiro atoms. The maximum Gasteiger partial charge on any atom is 0.173 e. The summed E-state index contributed by atoms with van der Waals surface area (Å²) in [7, 11) is 1.54. The Bertz CT molecular complexity index is 616. The third-order valence-corrected chi connectivity index (χ3v) is 2.91. The van der Waals surface area contributed by atoms with E-state index in [9.17, 15) is 0 Å². The van der Waals surface area contributed by atoms with Gasteiger partial charge in [0.15, 0.2) is 5.84 Å². The first-order valence-electron chi connectivity index (χ1n) is 6.36. The highest BCUT2D eigenvalue weighted by Crippen LogP contribution is 2.19. The van der Waals surface area contributed by atoms with Crippen LogP contribution in [0.4, 0.5) is 0 Å². The number of hydrogen-bond acceptors (Lipinski definition) is 6. The number of aromatic nitrogens is 2. The van der Waals surface area contributed by atoms with E-state index < -0.39 is 0 Å². The Morgan fingerprint density at radius 2 is 2.24 bits per heavy atom. The number of nitrogens with one attached hydrogen (secondary N) is 1. The van der Waals surface area contributed by atoms with E-state index in [2.05, 4.69) is 20.7 Å². The summed E-state index contributed by atoms with van der Waals surface area (Å²) in [6.07, 6.45) is 1.64. The predicted molar refractivity (Wildman–Crippen MR) is 78.1 cm³/mol. The van der Waals surface area contributed by atoms with E-state index in [1.807, 2.05) is 24.3 Å². The maximum atomic E-state index is 8.80. The van der Waals surface area contributed by atoms with Crippen molar-refractivity contribution in [1.29, 1.82) is 0 Å². The average molecular weight is 287 g/mol. The molecule has 4 N–H and O–H groups in total. The lowest BCUT2D eigenvalue weighted by Crippen LogP contribution is -2.17. The van der Waals surface area contributed by atoms with Crippen LogP contribution in [0, 0.1) is 0 Å². The number of benzene rings is 1. The first-order valence-corrected chi connectivity index (χ1v) is 6.36. The molecule has 21 heavy (non-hydrogen) atoms. The van der Waals surface area contributed by atoms with Crippen LogP contribution >= 0.6 is 0 Å². The molecular weight excluding hydrogens is 270 g/mol. The van der Waals surface area contributed by atoms with Crippen LogP contribution in [-0.4, -0.2) is 28.4 Å². The summed E-state index contributed by atoms with van der Waals surface area (Å²) in [6.45, 7) is 1.23. The zero-order chi connectivity index (χ0) is 15.1. The van der Waals surface area contributed by atoms with Gasteiger partial charge in [-0.1, -0.05) is 11.2 Å². The highest BCUT2D eigenvalue weighted by Gasteiger charge is 2.08. The van der Waals surface area contributed by atoms with Gasteiger partial charge in [0.2, 0.25) is 0 Å². The number of hydrogen-bond donors (Lipinski definition) is 3. The summed E-state index contributed by atoms with van der Waals surface area (Å²) in [5.74, 6) is 0.575. The van der Waals surface area contributed by atoms with E-state index in [-0.39, 0.29) is 5.84 Å². The SMILES string of the molecule is COc1ccc(CNCc2cccnn2)cc1/C(N)=N/O. The van der Waals surface area contributed by atoms with Gasteiger partial charge in [-0.25, -0.2) is 0 Å². The Morgan fingerprint density at radius 3 is 2.90 bits per heavy atom. The Kier molecular flexibility index (Phi) is 5.05. The average Bonchev–Trinajstić information content (AvgIpc) is 2.55. The lowest BCUT2D eigenvalue weighted by atomic mass is 10.1. The lowest BCUT2D eigenvalue weighted by molar-refractivity contribution is 0.318. The molecule has 7 heteroatoms. The van der Waals surface area contributed by atoms with Crippen molar-refractivity contribution < 1.29 is 9.94 Å². The summed E-state index contributed by atoms with van der Waals surface area (Å²) in [6, 6.07) is 9.25. The van der Waals surface area contributed by atoms with Crippen LogP contribution in [-0.2, 0) is 13.1 Å². The van der Waals surface area contributed by atoms with E-state index in [0.717, 1.165) is 11.3 Å². The third kappa shape index (κ3) is 3.90. The molecule has 0 aliphatic heterocycles. The largest absolute Gasteiger partial charge is 0.496 e. The van der Waals surface area contributed by atoms with Gasteiger partial charge >= 0.3 is 0 Å². The zero-order valence-electron chi connectivity index (χ0n) is 11.7. The van der Waals surface area contributed by atoms with E-state index in [1.54, 1.807) is 12.3 Å². The monoisotopic (exact) mass is 287 g/mol. The molecule has 2 rings (SSSR count). The molecule has 0 radical (unpaired) electrons. The molecule has 1 aromatic carbocycles. The van der Waals surface area contributed by atoms with Crippen molar-refractivity contribution in [3.05, 3.63) is 53.3 Å². The minimum Gasteiger partial charge on any atom is -0.496 e. The van der Waals surface area contributed by atoms with Gasteiger partial charge in [-0.3, -0.25) is 0 Å². The lowest BCUT2D eigenvalue weighted by Gasteiger charge is -2.10. The van der Waals surface area contributed by atoms with Crippen molar-refractivity contribution in [2.45, 2.75) is 13.1 Å². The van der Waals surface area contributed by atoms with Gasteiger partial charge in [-0.15, -0.1) is 0 Å². The Labute approximate surface area is 122 Å². The van der Waals surface area contributed by atoms with Gasteiger partial charge < -0.3 is 21.0 Å². The zero-order valence-corrected chi connectivity index (χ0v) is 11.7. The molecule has 2 aromatic rings. The molecule has 0 saturated carbocycles. The number of methoxy groups -OCH3 is 1. The van der Waals surface area contributed by atoms with Crippen molar-refractivity contribution in [3.8, 4) is 5.75 Å². The van der Waals surface area contributed by atoms with Gasteiger partial charge in [0, 0.05) is 19.3 Å². The third-order valence-electron chi connectivity index (χ3n) is 2.91. The maximum absolute atomic E-state index is 8.80. The second kappa shape index (κ2) is 7.20. The van der Waals surface area contributed by atoms with Crippen molar-refractivity contribution >= 4 is 5.84 Å². The number of nitrogens with two attached hydrogens (primary N) is 1. The van der Waals surface area contributed by atoms with Crippen LogP contribution in [0.3, 0.4) is 0 Å². The fourth-order valence-electron chi connectivity index (χ4n) is 1.88. The number of oxime groups is 1. The molecule has 0 unspecified atom stereocenters. The van der Waals surface area contributed by atoms with Gasteiger partial charge in [-0.2, -0.15) is 10.2 Å². The number of ether oxygens (including phenoxy) is 1. The second-order valence-corrected chi connectivity index (χ2v) is 4.34. The number of amidine groups is 1. The molecule has 1 heterocycles. The predicted octanol–water partition coefficient (Wildman–Crippen LogP) is 0.869. The molecule has 0 aliphatic rings. The molecule has 0 fully saturated rings. The highest BCUT2D eigenvalue weighted by molar-refractivity contribution is 5.99. The second-order valence-electron chi connectivity index (χ2n) is 4.34. The minimum atomic E-state index is 0.0163. The Hall–Kier alpha value is -2.67. The number of nitrogens with zero attached hydrogens (tertiary/aromatic N) is 3. The van der Waals surface area contributed by atoms with E-state index in [0.29, 0.717) is 24.4 Å². The van der Waals surface area contributed by atoms with Crippen molar-refractivity contribution in [2.24, 2.45) is 10.9 Å². The van der Waals surface area contributed by atoms with Gasteiger partial charge in [0.25, 0.3) is 0 Å². The first kappa shape index (κ1) is 14.7. The first-order chi connectivity index (χ1) is 10.2. The standard InChI is InChI=1S/C14H17N5O2/c1-21-13-5-4-10(7-12(13)14(15)19-20)8-16-9-11-3-2-6-17-18-11/h2-7,16,20H,8-9H2,1H3,(H2,15,19). The fraction of sp³-hybridized carbons (Fsp3) is 0.214. The fourth-order valence-corrected chi connectivity index (χ4v) is 1.88. The molecule has 7 nitrogen and oxygen atoms in total. The van der Waals surface area contributed by atoms with Crippen LogP contribution in [0.2, 0.25) is 0 Å². The van der Waals surface area contributed by atoms with E-state index in [1.165, 1.54) is 7.11 Å². The van der Waals surface area contributed by atoms with Crippen molar-refractivity contribution in [3.63, 3.8) is 0 Å². The summed E-state index contributed by atoms with van der Waals surface area (Å²) in [5, 5.41) is 22.9. The molecule has 0 bridgehead atoms. The van der Waals surface area contributed by atoms with Gasteiger partial charge in [0.1, 0.15) is 5.75 Å². The smallest absolute Gasteiger partial charge is 0.173 e. The molecular formula is C14H17N5O2. The van der Waals surface area contributed by atoms with Crippen molar-refractivity contribution in [1.82, 2.24) is 15.5 Å². The minimum absolute atomic E-state index is 0.0163. The van der Waals surface area contributed by atoms with Crippen molar-refractivity contribution in [2.75, 3.05) is 7.11 Å². The quantitative estimate of drug-likeness (QED) is 0.315. The topological polar surface area (TPSA) is 106 Å². The van der Waals surface area contributed by atoms with Gasteiger partial charge in [-0.05, 0) is 29.8 Å². The van der Waals surface area contributed by atoms with Gasteiger partial charge in [0.05, 0.1) is 18.4 Å². The van der Waals surface area contributed by atoms with E-state index in [4.69, 9.17) is 15.7 Å². The Morgan fingerprint density at radius 1 is 1.38 bits per heavy atom. The van der Waals surface area contributed by atoms with Crippen LogP contribution in [0.25, 0.3) is 0 Å². The normalized spacial score (nSPS) is 11.4. The van der Waals surface area contributed by atoms with E-state index >= 15 is 0 Å². The summed E-state index contributed by atoms with van der Waals surface area (Å²) < 4.78 is 5.19. The molecule has 0 saturated heterocycles. The summed E-state index contributed by atoms with van der Waals surface area (Å²) >= 11 is 0. The van der Waals surface area contributed by atoms with Crippen LogP contribution in [0.1, 0.15) is 16.8 Å². The molecule has 0 aliphatic carbocycles. The molecule has 0 atom stereocenters. The van der Waals surface area contributed by atoms with Crippen LogP contribution in [0.15, 0.2) is 41.7 Å². The Balaban J connectivity index is 2.04.